The van der Waals surface area contributed by atoms with Crippen molar-refractivity contribution in [1.29, 1.82) is 0 Å². The van der Waals surface area contributed by atoms with Gasteiger partial charge in [-0.1, -0.05) is 84.2 Å². The summed E-state index contributed by atoms with van der Waals surface area (Å²) >= 11 is 3.45. The van der Waals surface area contributed by atoms with Crippen molar-refractivity contribution in [2.75, 3.05) is 0 Å². The van der Waals surface area contributed by atoms with Crippen LogP contribution in [0.25, 0.3) is 0 Å². The van der Waals surface area contributed by atoms with E-state index in [4.69, 9.17) is 0 Å². The van der Waals surface area contributed by atoms with Crippen molar-refractivity contribution in [2.24, 2.45) is 5.41 Å². The van der Waals surface area contributed by atoms with Crippen LogP contribution in [0.3, 0.4) is 0 Å². The van der Waals surface area contributed by atoms with E-state index in [9.17, 15) is 9.59 Å². The Balaban J connectivity index is 2.12. The fraction of sp³-hybridized carbons (Fsp3) is 0.286. The van der Waals surface area contributed by atoms with Crippen LogP contribution < -0.4 is 5.43 Å². The van der Waals surface area contributed by atoms with Gasteiger partial charge in [-0.2, -0.15) is 0 Å². The normalized spacial score (nSPS) is 12.2. The molecule has 0 heterocycles. The molecule has 0 radical (unpaired) electrons. The Kier molecular flexibility index (Phi) is 7.43. The van der Waals surface area contributed by atoms with Crippen LogP contribution in [0.5, 0.6) is 0 Å². The molecule has 1 unspecified atom stereocenters. The van der Waals surface area contributed by atoms with Crippen LogP contribution in [0, 0.1) is 26.2 Å². The summed E-state index contributed by atoms with van der Waals surface area (Å²) < 4.78 is 0.900. The van der Waals surface area contributed by atoms with Gasteiger partial charge in [-0.05, 0) is 67.6 Å². The lowest BCUT2D eigenvalue weighted by molar-refractivity contribution is 0.0288. The molecule has 0 spiro atoms. The molecule has 0 aromatic heterocycles. The van der Waals surface area contributed by atoms with Gasteiger partial charge in [0.25, 0.3) is 11.8 Å². The first-order chi connectivity index (χ1) is 15.5. The summed E-state index contributed by atoms with van der Waals surface area (Å²) in [6.07, 6.45) is 0. The molecule has 0 fully saturated rings. The van der Waals surface area contributed by atoms with Gasteiger partial charge in [0.05, 0.1) is 6.04 Å². The van der Waals surface area contributed by atoms with E-state index in [-0.39, 0.29) is 23.3 Å². The van der Waals surface area contributed by atoms with E-state index in [2.05, 4.69) is 42.1 Å². The van der Waals surface area contributed by atoms with Gasteiger partial charge >= 0.3 is 0 Å². The number of hydrogen-bond acceptors (Lipinski definition) is 2. The van der Waals surface area contributed by atoms with Crippen LogP contribution >= 0.6 is 15.9 Å². The summed E-state index contributed by atoms with van der Waals surface area (Å²) in [5.41, 5.74) is 7.47. The van der Waals surface area contributed by atoms with E-state index in [1.54, 1.807) is 6.07 Å². The van der Waals surface area contributed by atoms with E-state index < -0.39 is 0 Å². The average molecular weight is 507 g/mol. The van der Waals surface area contributed by atoms with E-state index in [0.717, 1.165) is 26.7 Å². The summed E-state index contributed by atoms with van der Waals surface area (Å²) in [6, 6.07) is 20.7. The zero-order chi connectivity index (χ0) is 24.3. The Bertz CT molecular complexity index is 1150. The molecule has 1 atom stereocenters. The molecule has 1 N–H and O–H groups in total. The number of hydrogen-bond donors (Lipinski definition) is 1. The SMILES string of the molecule is Cc1cc(C)cc(C(=O)N(NC(=O)c2ccc(Br)cc2C)C(c2ccccc2)C(C)(C)C)c1. The summed E-state index contributed by atoms with van der Waals surface area (Å²) in [4.78, 5) is 27.3. The first kappa shape index (κ1) is 24.7. The molecule has 0 aliphatic carbocycles. The Hall–Kier alpha value is -2.92. The van der Waals surface area contributed by atoms with Crippen molar-refractivity contribution in [1.82, 2.24) is 10.4 Å². The number of hydrazine groups is 1. The number of halogens is 1. The van der Waals surface area contributed by atoms with Crippen LogP contribution in [-0.4, -0.2) is 16.8 Å². The minimum absolute atomic E-state index is 0.242. The Labute approximate surface area is 205 Å². The molecule has 2 amide bonds. The highest BCUT2D eigenvalue weighted by Crippen LogP contribution is 2.38. The van der Waals surface area contributed by atoms with E-state index in [1.807, 2.05) is 81.4 Å². The zero-order valence-electron chi connectivity index (χ0n) is 20.1. The topological polar surface area (TPSA) is 49.4 Å². The number of carbonyl (C=O) groups excluding carboxylic acids is 2. The molecule has 3 aromatic carbocycles. The maximum absolute atomic E-state index is 13.9. The first-order valence-electron chi connectivity index (χ1n) is 11.0. The van der Waals surface area contributed by atoms with Gasteiger partial charge in [-0.15, -0.1) is 0 Å². The zero-order valence-corrected chi connectivity index (χ0v) is 21.7. The van der Waals surface area contributed by atoms with Crippen LogP contribution in [0.4, 0.5) is 0 Å². The highest BCUT2D eigenvalue weighted by molar-refractivity contribution is 9.10. The van der Waals surface area contributed by atoms with Crippen molar-refractivity contribution < 1.29 is 9.59 Å². The fourth-order valence-electron chi connectivity index (χ4n) is 4.19. The highest BCUT2D eigenvalue weighted by atomic mass is 79.9. The molecular weight excluding hydrogens is 476 g/mol. The number of carbonyl (C=O) groups is 2. The minimum atomic E-state index is -0.383. The maximum Gasteiger partial charge on any atom is 0.272 e. The Morgan fingerprint density at radius 1 is 0.879 bits per heavy atom. The van der Waals surface area contributed by atoms with Gasteiger partial charge in [-0.3, -0.25) is 15.0 Å². The first-order valence-corrected chi connectivity index (χ1v) is 11.8. The monoisotopic (exact) mass is 506 g/mol. The summed E-state index contributed by atoms with van der Waals surface area (Å²) in [6.45, 7) is 12.0. The van der Waals surface area contributed by atoms with Crippen molar-refractivity contribution in [3.05, 3.63) is 105 Å². The van der Waals surface area contributed by atoms with Gasteiger partial charge in [-0.25, -0.2) is 5.01 Å². The van der Waals surface area contributed by atoms with E-state index >= 15 is 0 Å². The standard InChI is InChI=1S/C28H31BrN2O2/c1-18-14-19(2)16-22(15-18)27(33)31(25(28(4,5)6)21-10-8-7-9-11-21)30-26(32)24-13-12-23(29)17-20(24)3/h7-17,25H,1-6H3,(H,30,32). The molecule has 5 heteroatoms. The largest absolute Gasteiger partial charge is 0.272 e. The van der Waals surface area contributed by atoms with Crippen LogP contribution in [-0.2, 0) is 0 Å². The second kappa shape index (κ2) is 9.92. The maximum atomic E-state index is 13.9. The quantitative estimate of drug-likeness (QED) is 0.389. The molecule has 3 aromatic rings. The second-order valence-corrected chi connectivity index (χ2v) is 10.5. The molecular formula is C28H31BrN2O2. The number of benzene rings is 3. The minimum Gasteiger partial charge on any atom is -0.267 e. The predicted octanol–water partition coefficient (Wildman–Crippen LogP) is 6.95. The smallest absolute Gasteiger partial charge is 0.267 e. The lowest BCUT2D eigenvalue weighted by Gasteiger charge is -2.40. The summed E-state index contributed by atoms with van der Waals surface area (Å²) in [7, 11) is 0. The van der Waals surface area contributed by atoms with Gasteiger partial charge in [0.2, 0.25) is 0 Å². The molecule has 33 heavy (non-hydrogen) atoms. The summed E-state index contributed by atoms with van der Waals surface area (Å²) in [5, 5.41) is 1.51. The number of aryl methyl sites for hydroxylation is 3. The Morgan fingerprint density at radius 2 is 1.48 bits per heavy atom. The van der Waals surface area contributed by atoms with Crippen molar-refractivity contribution in [3.63, 3.8) is 0 Å². The molecule has 0 saturated carbocycles. The third kappa shape index (κ3) is 5.91. The molecule has 0 aliphatic rings. The van der Waals surface area contributed by atoms with Gasteiger partial charge in [0.1, 0.15) is 0 Å². The second-order valence-electron chi connectivity index (χ2n) is 9.63. The highest BCUT2D eigenvalue weighted by Gasteiger charge is 2.37. The van der Waals surface area contributed by atoms with Crippen molar-refractivity contribution in [3.8, 4) is 0 Å². The van der Waals surface area contributed by atoms with Crippen LogP contribution in [0.15, 0.2) is 71.2 Å². The fourth-order valence-corrected chi connectivity index (χ4v) is 4.67. The average Bonchev–Trinajstić information content (AvgIpc) is 2.71. The number of nitrogens with zero attached hydrogens (tertiary/aromatic N) is 1. The predicted molar refractivity (Wildman–Crippen MR) is 137 cm³/mol. The summed E-state index contributed by atoms with van der Waals surface area (Å²) in [5.74, 6) is -0.559. The molecule has 4 nitrogen and oxygen atoms in total. The third-order valence-electron chi connectivity index (χ3n) is 5.54. The molecule has 172 valence electrons. The number of amides is 2. The number of nitrogens with one attached hydrogen (secondary N) is 1. The van der Waals surface area contributed by atoms with Gasteiger partial charge in [0, 0.05) is 15.6 Å². The van der Waals surface area contributed by atoms with E-state index in [1.165, 1.54) is 5.01 Å². The molecule has 0 aliphatic heterocycles. The van der Waals surface area contributed by atoms with Gasteiger partial charge < -0.3 is 0 Å². The number of rotatable bonds is 4. The van der Waals surface area contributed by atoms with E-state index in [0.29, 0.717) is 11.1 Å². The van der Waals surface area contributed by atoms with Crippen LogP contribution in [0.2, 0.25) is 0 Å². The Morgan fingerprint density at radius 3 is 2.03 bits per heavy atom. The lowest BCUT2D eigenvalue weighted by Crippen LogP contribution is -2.51. The van der Waals surface area contributed by atoms with Crippen molar-refractivity contribution in [2.45, 2.75) is 47.6 Å². The third-order valence-corrected chi connectivity index (χ3v) is 6.03. The lowest BCUT2D eigenvalue weighted by atomic mass is 9.81. The molecule has 3 rings (SSSR count). The van der Waals surface area contributed by atoms with Gasteiger partial charge in [0.15, 0.2) is 0 Å². The molecule has 0 saturated heterocycles. The van der Waals surface area contributed by atoms with Crippen molar-refractivity contribution >= 4 is 27.7 Å². The van der Waals surface area contributed by atoms with Crippen LogP contribution in [0.1, 0.15) is 69.8 Å². The molecule has 0 bridgehead atoms.